The van der Waals surface area contributed by atoms with Crippen LogP contribution in [0.25, 0.3) is 0 Å². The van der Waals surface area contributed by atoms with Gasteiger partial charge < -0.3 is 33.8 Å². The first-order valence-electron chi connectivity index (χ1n) is 49.5. The van der Waals surface area contributed by atoms with Crippen molar-refractivity contribution in [3.63, 3.8) is 0 Å². The van der Waals surface area contributed by atoms with E-state index in [1.54, 1.807) is 0 Å². The second-order valence-electron chi connectivity index (χ2n) is 35.4. The topological polar surface area (TPSA) is 237 Å². The van der Waals surface area contributed by atoms with Gasteiger partial charge in [-0.05, 0) is 37.5 Å². The Bertz CT molecular complexity index is 2190. The van der Waals surface area contributed by atoms with E-state index in [1.807, 2.05) is 0 Å². The molecular formula is C96H188O17P2. The molecular weight excluding hydrogens is 1490 g/mol. The van der Waals surface area contributed by atoms with Gasteiger partial charge in [0.2, 0.25) is 0 Å². The van der Waals surface area contributed by atoms with Crippen LogP contribution in [0.15, 0.2) is 0 Å². The monoisotopic (exact) mass is 1680 g/mol. The number of aliphatic hydroxyl groups excluding tert-OH is 1. The van der Waals surface area contributed by atoms with Gasteiger partial charge in [0.25, 0.3) is 0 Å². The second-order valence-corrected chi connectivity index (χ2v) is 38.3. The molecule has 0 aliphatic carbocycles. The van der Waals surface area contributed by atoms with E-state index in [0.29, 0.717) is 25.7 Å². The Labute approximate surface area is 708 Å². The molecule has 0 radical (unpaired) electrons. The maximum Gasteiger partial charge on any atom is 0.472 e. The lowest BCUT2D eigenvalue weighted by atomic mass is 10.0. The number of hydrogen-bond donors (Lipinski definition) is 3. The number of ether oxygens (including phenoxy) is 4. The quantitative estimate of drug-likeness (QED) is 0.0222. The molecule has 0 aromatic rings. The number of aliphatic hydroxyl groups is 1. The summed E-state index contributed by atoms with van der Waals surface area (Å²) < 4.78 is 69.2. The number of phosphoric ester groups is 2. The van der Waals surface area contributed by atoms with Crippen LogP contribution >= 0.6 is 15.6 Å². The minimum Gasteiger partial charge on any atom is -0.462 e. The molecule has 0 bridgehead atoms. The van der Waals surface area contributed by atoms with E-state index in [4.69, 9.17) is 37.0 Å². The number of hydrogen-bond acceptors (Lipinski definition) is 15. The first-order valence-corrected chi connectivity index (χ1v) is 52.5. The normalized spacial score (nSPS) is 13.7. The first-order chi connectivity index (χ1) is 55.9. The molecule has 0 fully saturated rings. The summed E-state index contributed by atoms with van der Waals surface area (Å²) in [6.45, 7) is 9.75. The van der Waals surface area contributed by atoms with Gasteiger partial charge in [-0.15, -0.1) is 0 Å². The lowest BCUT2D eigenvalue weighted by molar-refractivity contribution is -0.161. The largest absolute Gasteiger partial charge is 0.472 e. The molecule has 19 heteroatoms. The van der Waals surface area contributed by atoms with E-state index in [9.17, 15) is 43.2 Å². The highest BCUT2D eigenvalue weighted by Gasteiger charge is 2.31. The predicted octanol–water partition coefficient (Wildman–Crippen LogP) is 30.1. The Morgan fingerprint density at radius 3 is 0.591 bits per heavy atom. The lowest BCUT2D eigenvalue weighted by Gasteiger charge is -2.21. The SMILES string of the molecule is CCCCCCCCCCCCCCCCCCCCCCCCC(=O)O[C@H](COC(=O)CCCCCCCCCCCCCCCCCCCCC(C)C)COP(=O)(O)OC[C@@H](O)COP(=O)(O)OC[C@@H](COC(=O)CCCCCCCCCCCC(C)C)OC(=O)CCCCCCCCCCCCCCCCCCCCCC. The maximum absolute atomic E-state index is 13.2. The molecule has 0 aromatic carbocycles. The fourth-order valence-corrected chi connectivity index (χ4v) is 16.8. The molecule has 2 unspecified atom stereocenters. The van der Waals surface area contributed by atoms with Gasteiger partial charge in [0.05, 0.1) is 26.4 Å². The number of unbranched alkanes of at least 4 members (excludes halogenated alkanes) is 65. The van der Waals surface area contributed by atoms with Crippen LogP contribution < -0.4 is 0 Å². The van der Waals surface area contributed by atoms with Crippen molar-refractivity contribution in [2.75, 3.05) is 39.6 Å². The van der Waals surface area contributed by atoms with E-state index >= 15 is 0 Å². The van der Waals surface area contributed by atoms with Crippen molar-refractivity contribution in [2.24, 2.45) is 11.8 Å². The Hall–Kier alpha value is -1.94. The van der Waals surface area contributed by atoms with Gasteiger partial charge in [-0.1, -0.05) is 472 Å². The summed E-state index contributed by atoms with van der Waals surface area (Å²) in [5.74, 6) is -0.524. The van der Waals surface area contributed by atoms with Gasteiger partial charge in [0, 0.05) is 25.7 Å². The van der Waals surface area contributed by atoms with E-state index in [-0.39, 0.29) is 25.7 Å². The molecule has 0 amide bonds. The smallest absolute Gasteiger partial charge is 0.462 e. The Balaban J connectivity index is 5.23. The van der Waals surface area contributed by atoms with Crippen molar-refractivity contribution in [3.05, 3.63) is 0 Å². The van der Waals surface area contributed by atoms with Crippen molar-refractivity contribution in [2.45, 2.75) is 541 Å². The predicted molar refractivity (Wildman–Crippen MR) is 478 cm³/mol. The summed E-state index contributed by atoms with van der Waals surface area (Å²) in [4.78, 5) is 73.6. The van der Waals surface area contributed by atoms with Crippen LogP contribution in [0.5, 0.6) is 0 Å². The number of esters is 4. The zero-order valence-electron chi connectivity index (χ0n) is 76.1. The summed E-state index contributed by atoms with van der Waals surface area (Å²) in [7, 11) is -9.94. The molecule has 0 saturated heterocycles. The highest BCUT2D eigenvalue weighted by atomic mass is 31.2. The Kier molecular flexibility index (Phi) is 85.5. The highest BCUT2D eigenvalue weighted by molar-refractivity contribution is 7.47. The molecule has 0 spiro atoms. The summed E-state index contributed by atoms with van der Waals surface area (Å²) in [6, 6.07) is 0. The van der Waals surface area contributed by atoms with Gasteiger partial charge in [-0.3, -0.25) is 37.3 Å². The third-order valence-electron chi connectivity index (χ3n) is 22.7. The van der Waals surface area contributed by atoms with Crippen LogP contribution in [0.1, 0.15) is 523 Å². The summed E-state index contributed by atoms with van der Waals surface area (Å²) in [5.41, 5.74) is 0. The van der Waals surface area contributed by atoms with Gasteiger partial charge in [-0.25, -0.2) is 9.13 Å². The van der Waals surface area contributed by atoms with Crippen molar-refractivity contribution in [3.8, 4) is 0 Å². The molecule has 0 saturated carbocycles. The number of phosphoric acid groups is 2. The van der Waals surface area contributed by atoms with Gasteiger partial charge in [0.1, 0.15) is 19.3 Å². The minimum absolute atomic E-state index is 0.109. The molecule has 5 atom stereocenters. The molecule has 0 heterocycles. The molecule has 0 rings (SSSR count). The van der Waals surface area contributed by atoms with Crippen molar-refractivity contribution < 1.29 is 80.2 Å². The van der Waals surface area contributed by atoms with Crippen molar-refractivity contribution in [1.29, 1.82) is 0 Å². The van der Waals surface area contributed by atoms with Crippen LogP contribution in [-0.2, 0) is 65.4 Å². The number of rotatable bonds is 95. The fourth-order valence-electron chi connectivity index (χ4n) is 15.2. The van der Waals surface area contributed by atoms with Crippen molar-refractivity contribution in [1.82, 2.24) is 0 Å². The number of carbonyl (C=O) groups is 4. The summed E-state index contributed by atoms with van der Waals surface area (Å²) in [6.07, 6.45) is 83.6. The van der Waals surface area contributed by atoms with E-state index < -0.39 is 97.5 Å². The fraction of sp³-hybridized carbons (Fsp3) is 0.958. The second kappa shape index (κ2) is 87.0. The number of carbonyl (C=O) groups excluding carboxylic acids is 4. The molecule has 0 aromatic heterocycles. The molecule has 115 heavy (non-hydrogen) atoms. The third kappa shape index (κ3) is 89.6. The van der Waals surface area contributed by atoms with E-state index in [1.165, 1.54) is 340 Å². The van der Waals surface area contributed by atoms with E-state index in [2.05, 4.69) is 41.5 Å². The minimum atomic E-state index is -4.97. The Morgan fingerprint density at radius 1 is 0.235 bits per heavy atom. The molecule has 3 N–H and O–H groups in total. The zero-order chi connectivity index (χ0) is 84.1. The lowest BCUT2D eigenvalue weighted by Crippen LogP contribution is -2.30. The van der Waals surface area contributed by atoms with Crippen LogP contribution in [0, 0.1) is 11.8 Å². The standard InChI is InChI=1S/C96H188O17P2/c1-7-9-11-13-15-17-19-21-23-25-27-29-30-32-38-42-46-50-56-63-69-74-80-95(100)112-91(84-106-93(98)78-72-66-60-54-48-44-40-36-34-33-35-39-43-47-52-58-64-70-76-88(3)4)86-110-114(102,103)108-82-90(97)83-109-115(104,105)111-87-92(85-107-94(99)79-73-67-61-57-51-53-59-65-71-77-89(5)6)113-96(101)81-75-68-62-55-49-45-41-37-31-28-26-24-22-20-18-16-14-12-10-8-2/h88-92,97H,7-87H2,1-6H3,(H,102,103)(H,104,105)/t90-,91-,92-/m1/s1. The maximum atomic E-state index is 13.2. The van der Waals surface area contributed by atoms with Crippen molar-refractivity contribution >= 4 is 39.5 Å². The zero-order valence-corrected chi connectivity index (χ0v) is 77.9. The highest BCUT2D eigenvalue weighted by Crippen LogP contribution is 2.45. The van der Waals surface area contributed by atoms with Gasteiger partial charge in [-0.2, -0.15) is 0 Å². The summed E-state index contributed by atoms with van der Waals surface area (Å²) in [5, 5.41) is 10.7. The summed E-state index contributed by atoms with van der Waals surface area (Å²) >= 11 is 0. The van der Waals surface area contributed by atoms with Crippen LogP contribution in [0.2, 0.25) is 0 Å². The average molecular weight is 1680 g/mol. The van der Waals surface area contributed by atoms with Gasteiger partial charge in [0.15, 0.2) is 12.2 Å². The molecule has 0 aliphatic rings. The first kappa shape index (κ1) is 113. The van der Waals surface area contributed by atoms with Crippen LogP contribution in [0.4, 0.5) is 0 Å². The van der Waals surface area contributed by atoms with E-state index in [0.717, 1.165) is 102 Å². The van der Waals surface area contributed by atoms with Crippen LogP contribution in [-0.4, -0.2) is 96.7 Å². The Morgan fingerprint density at radius 2 is 0.400 bits per heavy atom. The van der Waals surface area contributed by atoms with Crippen LogP contribution in [0.3, 0.4) is 0 Å². The molecule has 684 valence electrons. The van der Waals surface area contributed by atoms with Gasteiger partial charge >= 0.3 is 39.5 Å². The molecule has 17 nitrogen and oxygen atoms in total. The third-order valence-corrected chi connectivity index (χ3v) is 24.6. The average Bonchev–Trinajstić information content (AvgIpc) is 0.915. The molecule has 0 aliphatic heterocycles.